The minimum atomic E-state index is -0.396. The molecule has 8 heteroatoms. The molecule has 0 aliphatic rings. The van der Waals surface area contributed by atoms with Crippen LogP contribution < -0.4 is 5.32 Å². The molecule has 0 aromatic carbocycles. The van der Waals surface area contributed by atoms with E-state index in [0.717, 1.165) is 12.5 Å². The van der Waals surface area contributed by atoms with Gasteiger partial charge in [0.15, 0.2) is 5.96 Å². The third-order valence-corrected chi connectivity index (χ3v) is 3.82. The van der Waals surface area contributed by atoms with Crippen LogP contribution in [0.4, 0.5) is 0 Å². The Morgan fingerprint density at radius 3 is 2.76 bits per heavy atom. The number of carbonyl (C=O) groups excluding carboxylic acids is 1. The van der Waals surface area contributed by atoms with E-state index in [1.807, 2.05) is 31.3 Å². The number of aryl methyl sites for hydroxylation is 2. The summed E-state index contributed by atoms with van der Waals surface area (Å²) in [7, 11) is 7.07. The first-order valence-electron chi connectivity index (χ1n) is 7.65. The van der Waals surface area contributed by atoms with Crippen LogP contribution in [0.15, 0.2) is 33.8 Å². The van der Waals surface area contributed by atoms with Gasteiger partial charge in [0.1, 0.15) is 17.1 Å². The van der Waals surface area contributed by atoms with E-state index in [0.29, 0.717) is 23.6 Å². The molecule has 0 spiro atoms. The summed E-state index contributed by atoms with van der Waals surface area (Å²) in [6.45, 7) is 2.90. The zero-order valence-electron chi connectivity index (χ0n) is 15.2. The van der Waals surface area contributed by atoms with Crippen molar-refractivity contribution in [3.8, 4) is 0 Å². The van der Waals surface area contributed by atoms with Gasteiger partial charge in [-0.25, -0.2) is 4.79 Å². The third kappa shape index (κ3) is 5.25. The van der Waals surface area contributed by atoms with Gasteiger partial charge in [-0.3, -0.25) is 4.99 Å². The molecule has 1 N–H and O–H groups in total. The lowest BCUT2D eigenvalue weighted by atomic mass is 10.2. The predicted molar refractivity (Wildman–Crippen MR) is 107 cm³/mol. The number of esters is 1. The van der Waals surface area contributed by atoms with Crippen LogP contribution in [0.2, 0.25) is 0 Å². The molecular formula is C17H25IN4O3. The monoisotopic (exact) mass is 460 g/mol. The number of guanidine groups is 1. The molecule has 0 saturated heterocycles. The van der Waals surface area contributed by atoms with Gasteiger partial charge < -0.3 is 23.9 Å². The Kier molecular flexibility index (Phi) is 8.01. The van der Waals surface area contributed by atoms with E-state index >= 15 is 0 Å². The van der Waals surface area contributed by atoms with E-state index in [9.17, 15) is 4.79 Å². The average Bonchev–Trinajstić information content (AvgIpc) is 3.13. The van der Waals surface area contributed by atoms with Gasteiger partial charge in [0, 0.05) is 33.0 Å². The van der Waals surface area contributed by atoms with Crippen molar-refractivity contribution >= 4 is 35.9 Å². The Balaban J connectivity index is 0.00000312. The maximum Gasteiger partial charge on any atom is 0.341 e. The van der Waals surface area contributed by atoms with Gasteiger partial charge in [-0.1, -0.05) is 0 Å². The highest BCUT2D eigenvalue weighted by Crippen LogP contribution is 2.15. The summed E-state index contributed by atoms with van der Waals surface area (Å²) < 4.78 is 12.4. The average molecular weight is 460 g/mol. The molecule has 2 heterocycles. The van der Waals surface area contributed by atoms with Gasteiger partial charge >= 0.3 is 5.97 Å². The molecule has 2 aromatic rings. The Bertz CT molecular complexity index is 736. The summed E-state index contributed by atoms with van der Waals surface area (Å²) >= 11 is 0. The number of rotatable bonds is 5. The summed E-state index contributed by atoms with van der Waals surface area (Å²) in [6, 6.07) is 5.78. The van der Waals surface area contributed by atoms with Crippen LogP contribution in [-0.2, 0) is 24.9 Å². The minimum absolute atomic E-state index is 0. The van der Waals surface area contributed by atoms with Crippen LogP contribution >= 0.6 is 24.0 Å². The molecule has 0 bridgehead atoms. The lowest BCUT2D eigenvalue weighted by molar-refractivity contribution is 0.0599. The molecule has 0 saturated carbocycles. The van der Waals surface area contributed by atoms with Crippen molar-refractivity contribution in [1.29, 1.82) is 0 Å². The lowest BCUT2D eigenvalue weighted by Crippen LogP contribution is -2.38. The first-order chi connectivity index (χ1) is 11.5. The molecule has 0 aliphatic carbocycles. The normalized spacial score (nSPS) is 11.0. The summed E-state index contributed by atoms with van der Waals surface area (Å²) in [5.41, 5.74) is 1.63. The van der Waals surface area contributed by atoms with Crippen molar-refractivity contribution in [2.45, 2.75) is 20.0 Å². The van der Waals surface area contributed by atoms with E-state index < -0.39 is 5.97 Å². The number of methoxy groups -OCH3 is 1. The summed E-state index contributed by atoms with van der Waals surface area (Å²) in [5.74, 6) is 1.55. The van der Waals surface area contributed by atoms with Crippen molar-refractivity contribution in [2.24, 2.45) is 12.0 Å². The zero-order valence-corrected chi connectivity index (χ0v) is 17.5. The van der Waals surface area contributed by atoms with E-state index in [2.05, 4.69) is 20.9 Å². The molecule has 0 amide bonds. The van der Waals surface area contributed by atoms with Gasteiger partial charge in [-0.15, -0.1) is 24.0 Å². The van der Waals surface area contributed by atoms with Crippen molar-refractivity contribution in [3.05, 3.63) is 47.2 Å². The number of hydrogen-bond donors (Lipinski definition) is 1. The molecular weight excluding hydrogens is 435 g/mol. The van der Waals surface area contributed by atoms with E-state index in [4.69, 9.17) is 9.15 Å². The molecule has 0 unspecified atom stereocenters. The second kappa shape index (κ2) is 9.50. The van der Waals surface area contributed by atoms with Gasteiger partial charge in [0.25, 0.3) is 0 Å². The van der Waals surface area contributed by atoms with Crippen LogP contribution in [0, 0.1) is 6.92 Å². The summed E-state index contributed by atoms with van der Waals surface area (Å²) in [4.78, 5) is 17.9. The minimum Gasteiger partial charge on any atom is -0.465 e. The molecule has 138 valence electrons. The largest absolute Gasteiger partial charge is 0.465 e. The fourth-order valence-electron chi connectivity index (χ4n) is 2.47. The van der Waals surface area contributed by atoms with Crippen molar-refractivity contribution in [1.82, 2.24) is 14.8 Å². The zero-order chi connectivity index (χ0) is 17.7. The van der Waals surface area contributed by atoms with Crippen molar-refractivity contribution in [3.63, 3.8) is 0 Å². The highest BCUT2D eigenvalue weighted by molar-refractivity contribution is 14.0. The summed E-state index contributed by atoms with van der Waals surface area (Å²) in [6.07, 6.45) is 2.01. The Labute approximate surface area is 165 Å². The van der Waals surface area contributed by atoms with Crippen LogP contribution in [0.25, 0.3) is 0 Å². The molecule has 25 heavy (non-hydrogen) atoms. The molecule has 2 rings (SSSR count). The highest BCUT2D eigenvalue weighted by atomic mass is 127. The number of aliphatic imine (C=N–C) groups is 1. The molecule has 0 aliphatic heterocycles. The second-order valence-electron chi connectivity index (χ2n) is 5.54. The topological polar surface area (TPSA) is 72.0 Å². The molecule has 0 fully saturated rings. The van der Waals surface area contributed by atoms with Gasteiger partial charge in [-0.2, -0.15) is 0 Å². The number of carbonyl (C=O) groups is 1. The highest BCUT2D eigenvalue weighted by Gasteiger charge is 2.16. The van der Waals surface area contributed by atoms with Crippen LogP contribution in [0.3, 0.4) is 0 Å². The van der Waals surface area contributed by atoms with E-state index in [-0.39, 0.29) is 24.0 Å². The fraction of sp³-hybridized carbons (Fsp3) is 0.412. The van der Waals surface area contributed by atoms with Gasteiger partial charge in [-0.05, 0) is 25.1 Å². The maximum atomic E-state index is 11.6. The summed E-state index contributed by atoms with van der Waals surface area (Å²) in [5, 5.41) is 3.24. The molecule has 7 nitrogen and oxygen atoms in total. The first kappa shape index (κ1) is 21.1. The van der Waals surface area contributed by atoms with E-state index in [1.54, 1.807) is 20.0 Å². The second-order valence-corrected chi connectivity index (χ2v) is 5.54. The SMILES string of the molecule is CN=C(NCc1cc(C(=O)OC)c(C)o1)N(C)Cc1cccn1C.I. The quantitative estimate of drug-likeness (QED) is 0.322. The lowest BCUT2D eigenvalue weighted by Gasteiger charge is -2.22. The number of ether oxygens (including phenoxy) is 1. The number of furan rings is 1. The number of nitrogens with one attached hydrogen (secondary N) is 1. The number of halogens is 1. The number of hydrogen-bond acceptors (Lipinski definition) is 4. The molecule has 0 atom stereocenters. The van der Waals surface area contributed by atoms with E-state index in [1.165, 1.54) is 12.8 Å². The van der Waals surface area contributed by atoms with Crippen LogP contribution in [0.5, 0.6) is 0 Å². The van der Waals surface area contributed by atoms with Crippen LogP contribution in [-0.4, -0.2) is 42.6 Å². The molecule has 2 aromatic heterocycles. The molecule has 0 radical (unpaired) electrons. The van der Waals surface area contributed by atoms with Gasteiger partial charge in [0.05, 0.1) is 20.2 Å². The van der Waals surface area contributed by atoms with Crippen molar-refractivity contribution < 1.29 is 13.9 Å². The third-order valence-electron chi connectivity index (χ3n) is 3.82. The smallest absolute Gasteiger partial charge is 0.341 e. The first-order valence-corrected chi connectivity index (χ1v) is 7.65. The van der Waals surface area contributed by atoms with Crippen molar-refractivity contribution in [2.75, 3.05) is 21.2 Å². The van der Waals surface area contributed by atoms with Gasteiger partial charge in [0.2, 0.25) is 0 Å². The van der Waals surface area contributed by atoms with Crippen LogP contribution in [0.1, 0.15) is 27.6 Å². The fourth-order valence-corrected chi connectivity index (χ4v) is 2.47. The predicted octanol–water partition coefficient (Wildman–Crippen LogP) is 2.54. The number of nitrogens with zero attached hydrogens (tertiary/aromatic N) is 3. The number of aromatic nitrogens is 1. The Morgan fingerprint density at radius 2 is 2.20 bits per heavy atom. The standard InChI is InChI=1S/C17H24N4O3.HI/c1-12-15(16(22)23-5)9-14(24-12)10-19-17(18-2)21(4)11-13-7-6-8-20(13)3;/h6-9H,10-11H2,1-5H3,(H,18,19);1H. The Hall–Kier alpha value is -1.97. The maximum absolute atomic E-state index is 11.6. The Morgan fingerprint density at radius 1 is 1.48 bits per heavy atom.